The van der Waals surface area contributed by atoms with E-state index in [0.29, 0.717) is 16.3 Å². The summed E-state index contributed by atoms with van der Waals surface area (Å²) in [6.45, 7) is 2.14. The molecule has 1 heterocycles. The Morgan fingerprint density at radius 3 is 2.43 bits per heavy atom. The molecule has 0 spiro atoms. The molecule has 0 aliphatic carbocycles. The molecule has 0 aromatic heterocycles. The van der Waals surface area contributed by atoms with Crippen LogP contribution in [0.3, 0.4) is 0 Å². The van der Waals surface area contributed by atoms with Crippen LogP contribution in [0.25, 0.3) is 5.70 Å². The van der Waals surface area contributed by atoms with Crippen molar-refractivity contribution in [1.82, 2.24) is 0 Å². The van der Waals surface area contributed by atoms with Gasteiger partial charge >= 0.3 is 0 Å². The molecule has 3 nitrogen and oxygen atoms in total. The SMILES string of the molecule is CCCCSC1=NC(c2ccccc2)=C(C#N)[C@H](c2ccccc2Cl)C1C#N. The summed E-state index contributed by atoms with van der Waals surface area (Å²) in [4.78, 5) is 4.80. The number of nitrogens with zero attached hydrogens (tertiary/aromatic N) is 3. The number of halogens is 1. The quantitative estimate of drug-likeness (QED) is 0.537. The molecule has 0 saturated heterocycles. The first-order valence-electron chi connectivity index (χ1n) is 9.26. The predicted octanol–water partition coefficient (Wildman–Crippen LogP) is 6.44. The molecule has 0 radical (unpaired) electrons. The van der Waals surface area contributed by atoms with Crippen molar-refractivity contribution in [2.24, 2.45) is 10.9 Å². The van der Waals surface area contributed by atoms with Crippen molar-refractivity contribution < 1.29 is 0 Å². The molecule has 0 amide bonds. The van der Waals surface area contributed by atoms with Crippen LogP contribution in [0.15, 0.2) is 65.2 Å². The number of hydrogen-bond acceptors (Lipinski definition) is 4. The molecule has 3 rings (SSSR count). The molecule has 2 aromatic carbocycles. The molecule has 0 bridgehead atoms. The number of nitriles is 2. The zero-order valence-corrected chi connectivity index (χ0v) is 17.2. The van der Waals surface area contributed by atoms with Crippen molar-refractivity contribution in [1.29, 1.82) is 10.5 Å². The summed E-state index contributed by atoms with van der Waals surface area (Å²) in [5, 5.41) is 21.3. The summed E-state index contributed by atoms with van der Waals surface area (Å²) < 4.78 is 0. The van der Waals surface area contributed by atoms with E-state index < -0.39 is 11.8 Å². The highest BCUT2D eigenvalue weighted by atomic mass is 35.5. The van der Waals surface area contributed by atoms with E-state index in [1.807, 2.05) is 48.5 Å². The molecule has 2 atom stereocenters. The first kappa shape index (κ1) is 20.2. The van der Waals surface area contributed by atoms with Gasteiger partial charge < -0.3 is 0 Å². The van der Waals surface area contributed by atoms with Crippen molar-refractivity contribution >= 4 is 34.1 Å². The standard InChI is InChI=1S/C23H20ClN3S/c1-2-3-13-28-23-19(15-26)21(17-11-7-8-12-20(17)24)18(14-25)22(27-23)16-9-5-4-6-10-16/h4-12,19,21H,2-3,13H2,1H3/t19?,21-/m0/s1. The second-order valence-corrected chi connectivity index (χ2v) is 8.02. The zero-order chi connectivity index (χ0) is 19.9. The van der Waals surface area contributed by atoms with E-state index in [1.165, 1.54) is 0 Å². The zero-order valence-electron chi connectivity index (χ0n) is 15.6. The third-order valence-electron chi connectivity index (χ3n) is 4.68. The van der Waals surface area contributed by atoms with E-state index in [2.05, 4.69) is 19.1 Å². The summed E-state index contributed by atoms with van der Waals surface area (Å²) in [5.41, 5.74) is 2.80. The second kappa shape index (κ2) is 9.60. The summed E-state index contributed by atoms with van der Waals surface area (Å²) in [7, 11) is 0. The van der Waals surface area contributed by atoms with Crippen LogP contribution in [0, 0.1) is 28.6 Å². The number of thioether (sulfide) groups is 1. The molecule has 28 heavy (non-hydrogen) atoms. The second-order valence-electron chi connectivity index (χ2n) is 6.50. The van der Waals surface area contributed by atoms with Crippen molar-refractivity contribution in [2.45, 2.75) is 25.7 Å². The summed E-state index contributed by atoms with van der Waals surface area (Å²) >= 11 is 8.09. The molecule has 1 aliphatic rings. The van der Waals surface area contributed by atoms with Crippen LogP contribution >= 0.6 is 23.4 Å². The van der Waals surface area contributed by atoms with E-state index >= 15 is 0 Å². The largest absolute Gasteiger partial charge is 0.243 e. The van der Waals surface area contributed by atoms with Gasteiger partial charge in [0.2, 0.25) is 0 Å². The molecular weight excluding hydrogens is 386 g/mol. The van der Waals surface area contributed by atoms with Gasteiger partial charge in [0.1, 0.15) is 5.92 Å². The van der Waals surface area contributed by atoms with E-state index in [1.54, 1.807) is 17.8 Å². The fourth-order valence-electron chi connectivity index (χ4n) is 3.27. The summed E-state index contributed by atoms with van der Waals surface area (Å²) in [5.74, 6) is -0.0587. The predicted molar refractivity (Wildman–Crippen MR) is 117 cm³/mol. The molecule has 140 valence electrons. The Morgan fingerprint density at radius 1 is 1.07 bits per heavy atom. The van der Waals surface area contributed by atoms with Gasteiger partial charge in [0.15, 0.2) is 0 Å². The third-order valence-corrected chi connectivity index (χ3v) is 6.16. The van der Waals surface area contributed by atoms with E-state index in [-0.39, 0.29) is 0 Å². The smallest absolute Gasteiger partial charge is 0.106 e. The van der Waals surface area contributed by atoms with E-state index in [9.17, 15) is 10.5 Å². The lowest BCUT2D eigenvalue weighted by Crippen LogP contribution is -2.25. The van der Waals surface area contributed by atoms with Crippen LogP contribution in [0.4, 0.5) is 0 Å². The Labute approximate surface area is 175 Å². The van der Waals surface area contributed by atoms with Crippen molar-refractivity contribution in [3.8, 4) is 12.1 Å². The Hall–Kier alpha value is -2.53. The monoisotopic (exact) mass is 405 g/mol. The Bertz CT molecular complexity index is 983. The highest BCUT2D eigenvalue weighted by Crippen LogP contribution is 2.45. The number of benzene rings is 2. The minimum atomic E-state index is -0.524. The van der Waals surface area contributed by atoms with Crippen LogP contribution in [-0.4, -0.2) is 10.8 Å². The molecule has 0 fully saturated rings. The molecule has 5 heteroatoms. The van der Waals surface area contributed by atoms with Gasteiger partial charge in [0.25, 0.3) is 0 Å². The van der Waals surface area contributed by atoms with Crippen LogP contribution in [0.2, 0.25) is 5.02 Å². The Balaban J connectivity index is 2.20. The number of unbranched alkanes of at least 4 members (excludes halogenated alkanes) is 1. The van der Waals surface area contributed by atoms with Crippen molar-refractivity contribution in [2.75, 3.05) is 5.75 Å². The van der Waals surface area contributed by atoms with Crippen molar-refractivity contribution in [3.05, 3.63) is 76.3 Å². The van der Waals surface area contributed by atoms with Crippen LogP contribution in [0.1, 0.15) is 36.8 Å². The van der Waals surface area contributed by atoms with Crippen LogP contribution in [0.5, 0.6) is 0 Å². The molecule has 2 aromatic rings. The molecule has 1 unspecified atom stereocenters. The topological polar surface area (TPSA) is 59.9 Å². The average Bonchev–Trinajstić information content (AvgIpc) is 2.74. The molecular formula is C23H20ClN3S. The third kappa shape index (κ3) is 4.14. The minimum Gasteiger partial charge on any atom is -0.243 e. The van der Waals surface area contributed by atoms with Gasteiger partial charge in [-0.1, -0.05) is 73.5 Å². The first-order chi connectivity index (χ1) is 13.7. The van der Waals surface area contributed by atoms with Gasteiger partial charge in [0, 0.05) is 16.5 Å². The van der Waals surface area contributed by atoms with E-state index in [4.69, 9.17) is 16.6 Å². The Kier molecular flexibility index (Phi) is 6.93. The number of hydrogen-bond donors (Lipinski definition) is 0. The van der Waals surface area contributed by atoms with Gasteiger partial charge in [-0.15, -0.1) is 11.8 Å². The Morgan fingerprint density at radius 2 is 1.79 bits per heavy atom. The number of aliphatic imine (C=N–C) groups is 1. The van der Waals surface area contributed by atoms with Gasteiger partial charge in [0.05, 0.1) is 28.5 Å². The fraction of sp³-hybridized carbons (Fsp3) is 0.261. The molecule has 1 aliphatic heterocycles. The van der Waals surface area contributed by atoms with Gasteiger partial charge in [-0.3, -0.25) is 0 Å². The maximum atomic E-state index is 10.0. The van der Waals surface area contributed by atoms with Crippen LogP contribution in [-0.2, 0) is 0 Å². The lowest BCUT2D eigenvalue weighted by atomic mass is 9.78. The average molecular weight is 406 g/mol. The lowest BCUT2D eigenvalue weighted by Gasteiger charge is -2.29. The van der Waals surface area contributed by atoms with E-state index in [0.717, 1.165) is 34.8 Å². The summed E-state index contributed by atoms with van der Waals surface area (Å²) in [6, 6.07) is 21.9. The van der Waals surface area contributed by atoms with Crippen LogP contribution < -0.4 is 0 Å². The van der Waals surface area contributed by atoms with Gasteiger partial charge in [-0.05, 0) is 23.8 Å². The fourth-order valence-corrected chi connectivity index (χ4v) is 4.69. The molecule has 0 saturated carbocycles. The normalized spacial score (nSPS) is 18.9. The molecule has 0 N–H and O–H groups in total. The van der Waals surface area contributed by atoms with Crippen molar-refractivity contribution in [3.63, 3.8) is 0 Å². The number of rotatable bonds is 5. The number of allylic oxidation sites excluding steroid dienone is 1. The highest BCUT2D eigenvalue weighted by molar-refractivity contribution is 8.14. The maximum absolute atomic E-state index is 10.0. The van der Waals surface area contributed by atoms with Gasteiger partial charge in [-0.2, -0.15) is 10.5 Å². The highest BCUT2D eigenvalue weighted by Gasteiger charge is 2.38. The lowest BCUT2D eigenvalue weighted by molar-refractivity contribution is 0.731. The summed E-state index contributed by atoms with van der Waals surface area (Å²) in [6.07, 6.45) is 2.13. The first-order valence-corrected chi connectivity index (χ1v) is 10.6. The maximum Gasteiger partial charge on any atom is 0.106 e. The van der Waals surface area contributed by atoms with Gasteiger partial charge in [-0.25, -0.2) is 4.99 Å². The minimum absolute atomic E-state index is 0.430.